The third-order valence-corrected chi connectivity index (χ3v) is 2.86. The van der Waals surface area contributed by atoms with E-state index in [-0.39, 0.29) is 11.7 Å². The van der Waals surface area contributed by atoms with Crippen LogP contribution in [0.3, 0.4) is 0 Å². The van der Waals surface area contributed by atoms with Crippen LogP contribution in [-0.2, 0) is 4.79 Å². The van der Waals surface area contributed by atoms with Crippen molar-refractivity contribution in [3.8, 4) is 0 Å². The lowest BCUT2D eigenvalue weighted by Crippen LogP contribution is -2.40. The number of hydrogen-bond donors (Lipinski definition) is 1. The maximum atomic E-state index is 12.0. The zero-order valence-corrected chi connectivity index (χ0v) is 8.97. The molecule has 0 radical (unpaired) electrons. The highest BCUT2D eigenvalue weighted by molar-refractivity contribution is 5.95. The van der Waals surface area contributed by atoms with E-state index in [2.05, 4.69) is 0 Å². The molecular weight excluding hydrogens is 210 g/mol. The van der Waals surface area contributed by atoms with Gasteiger partial charge in [0.15, 0.2) is 5.76 Å². The van der Waals surface area contributed by atoms with E-state index >= 15 is 0 Å². The van der Waals surface area contributed by atoms with Crippen molar-refractivity contribution in [2.75, 3.05) is 6.54 Å². The van der Waals surface area contributed by atoms with Crippen LogP contribution < -0.4 is 0 Å². The lowest BCUT2D eigenvalue weighted by Gasteiger charge is -2.20. The van der Waals surface area contributed by atoms with E-state index in [1.165, 1.54) is 11.2 Å². The highest BCUT2D eigenvalue weighted by Crippen LogP contribution is 2.22. The number of likely N-dealkylation sites (tertiary alicyclic amines) is 1. The molecule has 1 unspecified atom stereocenters. The standard InChI is InChI=1S/C11H13NO4/c1-7-4-6-16-9(7)10(13)12-5-2-3-8(12)11(14)15/h4,6,8H,2-3,5H2,1H3,(H,14,15). The van der Waals surface area contributed by atoms with E-state index in [1.54, 1.807) is 13.0 Å². The fourth-order valence-corrected chi connectivity index (χ4v) is 1.99. The summed E-state index contributed by atoms with van der Waals surface area (Å²) in [7, 11) is 0. The topological polar surface area (TPSA) is 70.8 Å². The number of aliphatic carboxylic acids is 1. The summed E-state index contributed by atoms with van der Waals surface area (Å²) in [5, 5.41) is 8.97. The van der Waals surface area contributed by atoms with E-state index in [4.69, 9.17) is 9.52 Å². The van der Waals surface area contributed by atoms with Crippen LogP contribution in [0.5, 0.6) is 0 Å². The first kappa shape index (κ1) is 10.7. The van der Waals surface area contributed by atoms with Gasteiger partial charge in [-0.3, -0.25) is 4.79 Å². The van der Waals surface area contributed by atoms with Crippen LogP contribution in [0.4, 0.5) is 0 Å². The lowest BCUT2D eigenvalue weighted by molar-refractivity contribution is -0.141. The molecule has 1 aromatic heterocycles. The first-order valence-corrected chi connectivity index (χ1v) is 5.19. The van der Waals surface area contributed by atoms with Gasteiger partial charge in [-0.1, -0.05) is 0 Å². The summed E-state index contributed by atoms with van der Waals surface area (Å²) in [6.45, 7) is 2.25. The number of carboxylic acids is 1. The van der Waals surface area contributed by atoms with Crippen molar-refractivity contribution >= 4 is 11.9 Å². The quantitative estimate of drug-likeness (QED) is 0.819. The van der Waals surface area contributed by atoms with Gasteiger partial charge in [0.2, 0.25) is 0 Å². The van der Waals surface area contributed by atoms with Gasteiger partial charge >= 0.3 is 5.97 Å². The Bertz CT molecular complexity index is 423. The number of aryl methyl sites for hydroxylation is 1. The van der Waals surface area contributed by atoms with Gasteiger partial charge in [0.05, 0.1) is 6.26 Å². The summed E-state index contributed by atoms with van der Waals surface area (Å²) >= 11 is 0. The van der Waals surface area contributed by atoms with Gasteiger partial charge in [-0.2, -0.15) is 0 Å². The third-order valence-electron chi connectivity index (χ3n) is 2.86. The highest BCUT2D eigenvalue weighted by atomic mass is 16.4. The van der Waals surface area contributed by atoms with Gasteiger partial charge in [0.1, 0.15) is 6.04 Å². The second-order valence-corrected chi connectivity index (χ2v) is 3.93. The van der Waals surface area contributed by atoms with Crippen LogP contribution in [0.2, 0.25) is 0 Å². The SMILES string of the molecule is Cc1ccoc1C(=O)N1CCCC1C(=O)O. The molecular formula is C11H13NO4. The molecule has 1 aliphatic heterocycles. The third kappa shape index (κ3) is 1.68. The molecule has 1 atom stereocenters. The molecule has 5 heteroatoms. The Morgan fingerprint density at radius 1 is 1.56 bits per heavy atom. The van der Waals surface area contributed by atoms with E-state index < -0.39 is 12.0 Å². The molecule has 0 bridgehead atoms. The van der Waals surface area contributed by atoms with Crippen molar-refractivity contribution in [1.29, 1.82) is 0 Å². The smallest absolute Gasteiger partial charge is 0.326 e. The van der Waals surface area contributed by atoms with Crippen LogP contribution in [0.15, 0.2) is 16.7 Å². The fraction of sp³-hybridized carbons (Fsp3) is 0.455. The van der Waals surface area contributed by atoms with Crippen molar-refractivity contribution in [1.82, 2.24) is 4.90 Å². The monoisotopic (exact) mass is 223 g/mol. The molecule has 16 heavy (non-hydrogen) atoms. The zero-order chi connectivity index (χ0) is 11.7. The molecule has 2 heterocycles. The Morgan fingerprint density at radius 2 is 2.31 bits per heavy atom. The summed E-state index contributed by atoms with van der Waals surface area (Å²) in [6, 6.07) is 0.982. The van der Waals surface area contributed by atoms with Gasteiger partial charge < -0.3 is 14.4 Å². The van der Waals surface area contributed by atoms with Crippen molar-refractivity contribution in [2.24, 2.45) is 0 Å². The molecule has 1 amide bonds. The zero-order valence-electron chi connectivity index (χ0n) is 8.97. The summed E-state index contributed by atoms with van der Waals surface area (Å²) < 4.78 is 5.08. The second kappa shape index (κ2) is 4.00. The van der Waals surface area contributed by atoms with E-state index in [0.717, 1.165) is 12.0 Å². The van der Waals surface area contributed by atoms with Gasteiger partial charge in [-0.05, 0) is 25.8 Å². The van der Waals surface area contributed by atoms with E-state index in [9.17, 15) is 9.59 Å². The summed E-state index contributed by atoms with van der Waals surface area (Å²) in [5.74, 6) is -1.03. The Labute approximate surface area is 92.7 Å². The van der Waals surface area contributed by atoms with Gasteiger partial charge in [-0.25, -0.2) is 4.79 Å². The maximum absolute atomic E-state index is 12.0. The molecule has 86 valence electrons. The number of amides is 1. The molecule has 1 saturated heterocycles. The van der Waals surface area contributed by atoms with Gasteiger partial charge in [0.25, 0.3) is 5.91 Å². The number of carbonyl (C=O) groups is 2. The Balaban J connectivity index is 2.22. The fourth-order valence-electron chi connectivity index (χ4n) is 1.99. The Hall–Kier alpha value is -1.78. The Kier molecular flexibility index (Phi) is 2.68. The molecule has 1 fully saturated rings. The highest BCUT2D eigenvalue weighted by Gasteiger charge is 2.35. The van der Waals surface area contributed by atoms with Crippen molar-refractivity contribution in [3.05, 3.63) is 23.7 Å². The Morgan fingerprint density at radius 3 is 2.88 bits per heavy atom. The minimum absolute atomic E-state index is 0.244. The van der Waals surface area contributed by atoms with Crippen molar-refractivity contribution in [3.63, 3.8) is 0 Å². The molecule has 1 aliphatic rings. The molecule has 2 rings (SSSR count). The van der Waals surface area contributed by atoms with Crippen LogP contribution in [0.1, 0.15) is 29.0 Å². The average molecular weight is 223 g/mol. The van der Waals surface area contributed by atoms with Crippen molar-refractivity contribution < 1.29 is 19.1 Å². The minimum atomic E-state index is -0.949. The molecule has 0 saturated carbocycles. The first-order valence-electron chi connectivity index (χ1n) is 5.19. The normalized spacial score (nSPS) is 20.1. The number of rotatable bonds is 2. The summed E-state index contributed by atoms with van der Waals surface area (Å²) in [5.41, 5.74) is 0.737. The molecule has 0 aliphatic carbocycles. The number of nitrogens with zero attached hydrogens (tertiary/aromatic N) is 1. The minimum Gasteiger partial charge on any atom is -0.480 e. The second-order valence-electron chi connectivity index (χ2n) is 3.93. The van der Waals surface area contributed by atoms with Crippen LogP contribution in [-0.4, -0.2) is 34.5 Å². The predicted octanol–water partition coefficient (Wildman–Crippen LogP) is 1.28. The number of carbonyl (C=O) groups excluding carboxylic acids is 1. The number of furan rings is 1. The first-order chi connectivity index (χ1) is 7.61. The molecule has 0 aromatic carbocycles. The lowest BCUT2D eigenvalue weighted by atomic mass is 10.2. The van der Waals surface area contributed by atoms with Crippen LogP contribution in [0.25, 0.3) is 0 Å². The molecule has 1 N–H and O–H groups in total. The molecule has 1 aromatic rings. The van der Waals surface area contributed by atoms with Gasteiger partial charge in [0, 0.05) is 12.1 Å². The van der Waals surface area contributed by atoms with Gasteiger partial charge in [-0.15, -0.1) is 0 Å². The number of hydrogen-bond acceptors (Lipinski definition) is 3. The van der Waals surface area contributed by atoms with Crippen LogP contribution >= 0.6 is 0 Å². The molecule has 5 nitrogen and oxygen atoms in total. The largest absolute Gasteiger partial charge is 0.480 e. The van der Waals surface area contributed by atoms with E-state index in [0.29, 0.717) is 13.0 Å². The van der Waals surface area contributed by atoms with Crippen molar-refractivity contribution in [2.45, 2.75) is 25.8 Å². The average Bonchev–Trinajstić information content (AvgIpc) is 2.84. The maximum Gasteiger partial charge on any atom is 0.326 e. The molecule has 0 spiro atoms. The summed E-state index contributed by atoms with van der Waals surface area (Å²) in [4.78, 5) is 24.3. The van der Waals surface area contributed by atoms with Crippen LogP contribution in [0, 0.1) is 6.92 Å². The number of carboxylic acid groups (broad SMARTS) is 1. The summed E-state index contributed by atoms with van der Waals surface area (Å²) in [6.07, 6.45) is 2.68. The predicted molar refractivity (Wildman–Crippen MR) is 55.1 cm³/mol. The van der Waals surface area contributed by atoms with E-state index in [1.807, 2.05) is 0 Å².